The maximum atomic E-state index is 5.59. The summed E-state index contributed by atoms with van der Waals surface area (Å²) < 4.78 is 0. The van der Waals surface area contributed by atoms with Gasteiger partial charge in [-0.1, -0.05) is 24.3 Å². The SMILES string of the molecule is CN(Cc1ccncc1)Cc1ccc(CN)cc1. The molecule has 0 atom stereocenters. The monoisotopic (exact) mass is 241 g/mol. The van der Waals surface area contributed by atoms with Gasteiger partial charge in [-0.15, -0.1) is 0 Å². The number of pyridine rings is 1. The van der Waals surface area contributed by atoms with Gasteiger partial charge in [-0.25, -0.2) is 0 Å². The largest absolute Gasteiger partial charge is 0.326 e. The Morgan fingerprint density at radius 1 is 0.889 bits per heavy atom. The van der Waals surface area contributed by atoms with Gasteiger partial charge in [0.25, 0.3) is 0 Å². The highest BCUT2D eigenvalue weighted by molar-refractivity contribution is 5.22. The van der Waals surface area contributed by atoms with Crippen LogP contribution in [0.25, 0.3) is 0 Å². The number of benzene rings is 1. The van der Waals surface area contributed by atoms with E-state index >= 15 is 0 Å². The van der Waals surface area contributed by atoms with E-state index in [1.54, 1.807) is 0 Å². The molecular weight excluding hydrogens is 222 g/mol. The average Bonchev–Trinajstić information content (AvgIpc) is 2.40. The van der Waals surface area contributed by atoms with Crippen molar-refractivity contribution >= 4 is 0 Å². The molecule has 2 aromatic rings. The molecule has 18 heavy (non-hydrogen) atoms. The Labute approximate surface area is 108 Å². The molecule has 1 heterocycles. The van der Waals surface area contributed by atoms with Crippen LogP contribution in [0.5, 0.6) is 0 Å². The maximum absolute atomic E-state index is 5.59. The Balaban J connectivity index is 1.92. The molecule has 2 rings (SSSR count). The molecule has 0 fully saturated rings. The lowest BCUT2D eigenvalue weighted by molar-refractivity contribution is 0.319. The van der Waals surface area contributed by atoms with Gasteiger partial charge in [0.2, 0.25) is 0 Å². The minimum atomic E-state index is 0.604. The molecule has 0 amide bonds. The molecule has 0 saturated heterocycles. The zero-order valence-electron chi connectivity index (χ0n) is 10.7. The fourth-order valence-corrected chi connectivity index (χ4v) is 1.95. The minimum Gasteiger partial charge on any atom is -0.326 e. The van der Waals surface area contributed by atoms with Crippen molar-refractivity contribution in [2.75, 3.05) is 7.05 Å². The summed E-state index contributed by atoms with van der Waals surface area (Å²) in [4.78, 5) is 6.31. The smallest absolute Gasteiger partial charge is 0.0271 e. The Morgan fingerprint density at radius 3 is 1.94 bits per heavy atom. The number of rotatable bonds is 5. The molecule has 1 aromatic carbocycles. The Kier molecular flexibility index (Phi) is 4.45. The van der Waals surface area contributed by atoms with Crippen LogP contribution in [0.3, 0.4) is 0 Å². The molecule has 0 saturated carbocycles. The molecule has 3 nitrogen and oxygen atoms in total. The lowest BCUT2D eigenvalue weighted by atomic mass is 10.1. The molecule has 0 radical (unpaired) electrons. The number of hydrogen-bond acceptors (Lipinski definition) is 3. The third-order valence-corrected chi connectivity index (χ3v) is 2.91. The fraction of sp³-hybridized carbons (Fsp3) is 0.267. The summed E-state index contributed by atoms with van der Waals surface area (Å²) in [6, 6.07) is 12.6. The van der Waals surface area contributed by atoms with Gasteiger partial charge in [0.1, 0.15) is 0 Å². The van der Waals surface area contributed by atoms with Crippen LogP contribution in [0.15, 0.2) is 48.8 Å². The van der Waals surface area contributed by atoms with Gasteiger partial charge < -0.3 is 5.73 Å². The van der Waals surface area contributed by atoms with E-state index in [1.165, 1.54) is 16.7 Å². The van der Waals surface area contributed by atoms with Crippen molar-refractivity contribution in [2.24, 2.45) is 5.73 Å². The van der Waals surface area contributed by atoms with E-state index in [-0.39, 0.29) is 0 Å². The molecular formula is C15H19N3. The lowest BCUT2D eigenvalue weighted by Gasteiger charge is -2.16. The standard InChI is InChI=1S/C15H19N3/c1-18(12-15-6-8-17-9-7-15)11-14-4-2-13(10-16)3-5-14/h2-9H,10-12,16H2,1H3. The first-order valence-corrected chi connectivity index (χ1v) is 6.13. The van der Waals surface area contributed by atoms with E-state index in [2.05, 4.69) is 41.2 Å². The molecule has 0 spiro atoms. The predicted molar refractivity (Wildman–Crippen MR) is 73.7 cm³/mol. The molecule has 0 aliphatic heterocycles. The summed E-state index contributed by atoms with van der Waals surface area (Å²) in [5.41, 5.74) is 9.36. The van der Waals surface area contributed by atoms with Gasteiger partial charge >= 0.3 is 0 Å². The van der Waals surface area contributed by atoms with E-state index in [1.807, 2.05) is 24.5 Å². The lowest BCUT2D eigenvalue weighted by Crippen LogP contribution is -2.17. The van der Waals surface area contributed by atoms with Gasteiger partial charge in [-0.3, -0.25) is 9.88 Å². The summed E-state index contributed by atoms with van der Waals surface area (Å²) in [6.45, 7) is 2.47. The van der Waals surface area contributed by atoms with E-state index in [9.17, 15) is 0 Å². The summed E-state index contributed by atoms with van der Waals surface area (Å²) in [6.07, 6.45) is 3.67. The Hall–Kier alpha value is -1.71. The van der Waals surface area contributed by atoms with Gasteiger partial charge in [0, 0.05) is 32.0 Å². The van der Waals surface area contributed by atoms with Crippen molar-refractivity contribution in [3.05, 3.63) is 65.5 Å². The van der Waals surface area contributed by atoms with Crippen LogP contribution in [-0.2, 0) is 19.6 Å². The van der Waals surface area contributed by atoms with Crippen molar-refractivity contribution in [3.63, 3.8) is 0 Å². The zero-order chi connectivity index (χ0) is 12.8. The number of nitrogens with zero attached hydrogens (tertiary/aromatic N) is 2. The maximum Gasteiger partial charge on any atom is 0.0271 e. The van der Waals surface area contributed by atoms with E-state index < -0.39 is 0 Å². The van der Waals surface area contributed by atoms with Crippen LogP contribution in [-0.4, -0.2) is 16.9 Å². The molecule has 0 aliphatic rings. The fourth-order valence-electron chi connectivity index (χ4n) is 1.95. The number of nitrogens with two attached hydrogens (primary N) is 1. The molecule has 3 heteroatoms. The minimum absolute atomic E-state index is 0.604. The first-order chi connectivity index (χ1) is 8.78. The van der Waals surface area contributed by atoms with Gasteiger partial charge in [-0.2, -0.15) is 0 Å². The van der Waals surface area contributed by atoms with Crippen LogP contribution >= 0.6 is 0 Å². The van der Waals surface area contributed by atoms with Gasteiger partial charge in [-0.05, 0) is 35.9 Å². The average molecular weight is 241 g/mol. The topological polar surface area (TPSA) is 42.2 Å². The highest BCUT2D eigenvalue weighted by Crippen LogP contribution is 2.09. The van der Waals surface area contributed by atoms with Crippen molar-refractivity contribution in [1.82, 2.24) is 9.88 Å². The third kappa shape index (κ3) is 3.65. The van der Waals surface area contributed by atoms with Crippen LogP contribution in [0.4, 0.5) is 0 Å². The highest BCUT2D eigenvalue weighted by Gasteiger charge is 2.01. The molecule has 1 aromatic heterocycles. The van der Waals surface area contributed by atoms with Crippen molar-refractivity contribution in [2.45, 2.75) is 19.6 Å². The summed E-state index contributed by atoms with van der Waals surface area (Å²) in [7, 11) is 2.12. The van der Waals surface area contributed by atoms with Crippen LogP contribution in [0.1, 0.15) is 16.7 Å². The normalized spacial score (nSPS) is 10.8. The number of aromatic nitrogens is 1. The van der Waals surface area contributed by atoms with Crippen LogP contribution in [0.2, 0.25) is 0 Å². The van der Waals surface area contributed by atoms with Crippen LogP contribution < -0.4 is 5.73 Å². The second-order valence-electron chi connectivity index (χ2n) is 4.55. The van der Waals surface area contributed by atoms with E-state index in [0.717, 1.165) is 13.1 Å². The van der Waals surface area contributed by atoms with Crippen molar-refractivity contribution in [3.8, 4) is 0 Å². The number of hydrogen-bond donors (Lipinski definition) is 1. The van der Waals surface area contributed by atoms with Gasteiger partial charge in [0.05, 0.1) is 0 Å². The molecule has 2 N–H and O–H groups in total. The Bertz CT molecular complexity index is 465. The zero-order valence-corrected chi connectivity index (χ0v) is 10.7. The molecule has 0 aliphatic carbocycles. The molecule has 94 valence electrons. The molecule has 0 bridgehead atoms. The first kappa shape index (κ1) is 12.7. The quantitative estimate of drug-likeness (QED) is 0.872. The highest BCUT2D eigenvalue weighted by atomic mass is 15.1. The van der Waals surface area contributed by atoms with Crippen molar-refractivity contribution < 1.29 is 0 Å². The van der Waals surface area contributed by atoms with E-state index in [4.69, 9.17) is 5.73 Å². The second-order valence-corrected chi connectivity index (χ2v) is 4.55. The van der Waals surface area contributed by atoms with E-state index in [0.29, 0.717) is 6.54 Å². The molecule has 0 unspecified atom stereocenters. The van der Waals surface area contributed by atoms with Crippen LogP contribution in [0, 0.1) is 0 Å². The van der Waals surface area contributed by atoms with Gasteiger partial charge in [0.15, 0.2) is 0 Å². The third-order valence-electron chi connectivity index (χ3n) is 2.91. The first-order valence-electron chi connectivity index (χ1n) is 6.13. The van der Waals surface area contributed by atoms with Crippen molar-refractivity contribution in [1.29, 1.82) is 0 Å². The predicted octanol–water partition coefficient (Wildman–Crippen LogP) is 2.17. The second kappa shape index (κ2) is 6.28. The summed E-state index contributed by atoms with van der Waals surface area (Å²) >= 11 is 0. The summed E-state index contributed by atoms with van der Waals surface area (Å²) in [5, 5.41) is 0. The Morgan fingerprint density at radius 2 is 1.39 bits per heavy atom. The summed E-state index contributed by atoms with van der Waals surface area (Å²) in [5.74, 6) is 0.